The van der Waals surface area contributed by atoms with Crippen LogP contribution >= 0.6 is 0 Å². The summed E-state index contributed by atoms with van der Waals surface area (Å²) in [6.07, 6.45) is 4.18. The highest BCUT2D eigenvalue weighted by Crippen LogP contribution is 2.39. The summed E-state index contributed by atoms with van der Waals surface area (Å²) in [5.41, 5.74) is -0.425. The van der Waals surface area contributed by atoms with Crippen LogP contribution in [0.4, 0.5) is 4.39 Å². The Hall–Kier alpha value is -2.84. The number of carbonyl (C=O) groups is 3. The molecule has 2 saturated carbocycles. The van der Waals surface area contributed by atoms with Crippen molar-refractivity contribution in [3.8, 4) is 11.5 Å². The number of ether oxygens (including phenoxy) is 3. The minimum Gasteiger partial charge on any atom is -0.496 e. The molecule has 3 rings (SSSR count). The summed E-state index contributed by atoms with van der Waals surface area (Å²) >= 11 is 0. The summed E-state index contributed by atoms with van der Waals surface area (Å²) in [4.78, 5) is 38.2. The topological polar surface area (TPSA) is 103 Å². The van der Waals surface area contributed by atoms with Gasteiger partial charge in [0, 0.05) is 18.2 Å². The quantitative estimate of drug-likeness (QED) is 0.468. The fourth-order valence-corrected chi connectivity index (χ4v) is 5.14. The third kappa shape index (κ3) is 6.73. The van der Waals surface area contributed by atoms with Gasteiger partial charge in [0.25, 0.3) is 5.91 Å². The number of methoxy groups -OCH3 is 2. The molecule has 0 aromatic heterocycles. The van der Waals surface area contributed by atoms with Crippen molar-refractivity contribution < 1.29 is 33.0 Å². The number of amides is 2. The van der Waals surface area contributed by atoms with Crippen molar-refractivity contribution in [2.75, 3.05) is 14.2 Å². The summed E-state index contributed by atoms with van der Waals surface area (Å²) in [5, 5.41) is 6.03. The number of halogens is 1. The normalized spacial score (nSPS) is 26.3. The van der Waals surface area contributed by atoms with Gasteiger partial charge < -0.3 is 24.8 Å². The van der Waals surface area contributed by atoms with Crippen molar-refractivity contribution >= 4 is 17.8 Å². The maximum atomic E-state index is 14.9. The van der Waals surface area contributed by atoms with Crippen molar-refractivity contribution in [1.82, 2.24) is 10.6 Å². The van der Waals surface area contributed by atoms with Gasteiger partial charge in [-0.15, -0.1) is 0 Å². The molecule has 206 valence electrons. The molecule has 2 N–H and O–H groups in total. The molecule has 0 spiro atoms. The molecule has 2 amide bonds. The Labute approximate surface area is 219 Å². The predicted molar refractivity (Wildman–Crippen MR) is 137 cm³/mol. The Morgan fingerprint density at radius 2 is 1.70 bits per heavy atom. The van der Waals surface area contributed by atoms with E-state index in [1.165, 1.54) is 20.3 Å². The molecule has 37 heavy (non-hydrogen) atoms. The second-order valence-electron chi connectivity index (χ2n) is 11.0. The first-order valence-corrected chi connectivity index (χ1v) is 13.2. The molecule has 0 aliphatic heterocycles. The van der Waals surface area contributed by atoms with E-state index in [4.69, 9.17) is 14.2 Å². The molecule has 2 fully saturated rings. The van der Waals surface area contributed by atoms with Crippen LogP contribution in [-0.2, 0) is 14.3 Å². The van der Waals surface area contributed by atoms with Crippen LogP contribution in [0, 0.1) is 23.1 Å². The minimum absolute atomic E-state index is 0.0339. The zero-order chi connectivity index (χ0) is 27.3. The number of rotatable bonds is 9. The zero-order valence-electron chi connectivity index (χ0n) is 22.8. The van der Waals surface area contributed by atoms with Gasteiger partial charge in [-0.1, -0.05) is 20.3 Å². The lowest BCUT2D eigenvalue weighted by molar-refractivity contribution is -0.154. The summed E-state index contributed by atoms with van der Waals surface area (Å²) in [5.74, 6) is -1.34. The zero-order valence-corrected chi connectivity index (χ0v) is 22.8. The highest BCUT2D eigenvalue weighted by Gasteiger charge is 2.39. The molecule has 0 radical (unpaired) electrons. The summed E-state index contributed by atoms with van der Waals surface area (Å²) in [6, 6.07) is 2.23. The van der Waals surface area contributed by atoms with Crippen LogP contribution in [0.1, 0.15) is 83.0 Å². The first kappa shape index (κ1) is 28.7. The summed E-state index contributed by atoms with van der Waals surface area (Å²) in [6.45, 7) is 7.93. The largest absolute Gasteiger partial charge is 0.496 e. The predicted octanol–water partition coefficient (Wildman–Crippen LogP) is 4.39. The highest BCUT2D eigenvalue weighted by atomic mass is 19.1. The highest BCUT2D eigenvalue weighted by molar-refractivity contribution is 5.98. The maximum Gasteiger partial charge on any atom is 0.311 e. The smallest absolute Gasteiger partial charge is 0.311 e. The average molecular weight is 521 g/mol. The van der Waals surface area contributed by atoms with E-state index < -0.39 is 17.1 Å². The number of hydrogen-bond donors (Lipinski definition) is 2. The van der Waals surface area contributed by atoms with Crippen LogP contribution in [0.5, 0.6) is 11.5 Å². The fourth-order valence-electron chi connectivity index (χ4n) is 5.14. The molecule has 1 aromatic carbocycles. The van der Waals surface area contributed by atoms with Crippen molar-refractivity contribution in [1.29, 1.82) is 0 Å². The van der Waals surface area contributed by atoms with Gasteiger partial charge >= 0.3 is 5.97 Å². The number of hydrogen-bond acceptors (Lipinski definition) is 6. The van der Waals surface area contributed by atoms with E-state index in [2.05, 4.69) is 10.6 Å². The third-order valence-corrected chi connectivity index (χ3v) is 8.05. The van der Waals surface area contributed by atoms with Crippen molar-refractivity contribution in [3.05, 3.63) is 23.5 Å². The second kappa shape index (κ2) is 12.1. The fraction of sp³-hybridized carbons (Fsp3) is 0.679. The Morgan fingerprint density at radius 1 is 1.03 bits per heavy atom. The van der Waals surface area contributed by atoms with E-state index in [9.17, 15) is 18.8 Å². The van der Waals surface area contributed by atoms with Gasteiger partial charge in [0.2, 0.25) is 5.91 Å². The molecule has 0 heterocycles. The number of carbonyl (C=O) groups excluding carboxylic acids is 3. The van der Waals surface area contributed by atoms with E-state index in [1.807, 2.05) is 27.7 Å². The Morgan fingerprint density at radius 3 is 2.30 bits per heavy atom. The number of benzene rings is 1. The molecule has 2 aliphatic carbocycles. The maximum absolute atomic E-state index is 14.9. The van der Waals surface area contributed by atoms with Crippen LogP contribution in [0.2, 0.25) is 0 Å². The standard InChI is InChI=1S/C28H41FN2O6/c1-16(2)17(3)30-25(32)19-8-7-9-22(19)31-26(33)20-14-24(21(29)15-23(20)35-5)37-18-10-12-28(4,13-11-18)27(34)36-6/h14-19,22H,7-13H2,1-6H3,(H,30,32)(H,31,33)/t17-,18-,19+,22-,28+/m1/s1. The molecular weight excluding hydrogens is 479 g/mol. The molecule has 1 aromatic rings. The molecule has 8 nitrogen and oxygen atoms in total. The van der Waals surface area contributed by atoms with E-state index in [0.717, 1.165) is 12.5 Å². The van der Waals surface area contributed by atoms with Crippen molar-refractivity contribution in [2.45, 2.75) is 90.8 Å². The third-order valence-electron chi connectivity index (χ3n) is 8.05. The monoisotopic (exact) mass is 520 g/mol. The first-order chi connectivity index (χ1) is 17.5. The van der Waals surface area contributed by atoms with Gasteiger partial charge in [-0.3, -0.25) is 14.4 Å². The molecule has 3 atom stereocenters. The molecular formula is C28H41FN2O6. The lowest BCUT2D eigenvalue weighted by atomic mass is 9.75. The van der Waals surface area contributed by atoms with E-state index in [1.54, 1.807) is 0 Å². The van der Waals surface area contributed by atoms with Crippen LogP contribution in [-0.4, -0.2) is 50.2 Å². The van der Waals surface area contributed by atoms with Gasteiger partial charge in [-0.2, -0.15) is 0 Å². The van der Waals surface area contributed by atoms with Crippen LogP contribution in [0.25, 0.3) is 0 Å². The van der Waals surface area contributed by atoms with E-state index in [0.29, 0.717) is 44.4 Å². The van der Waals surface area contributed by atoms with Crippen molar-refractivity contribution in [3.63, 3.8) is 0 Å². The molecule has 0 unspecified atom stereocenters. The number of nitrogens with one attached hydrogen (secondary N) is 2. The number of esters is 1. The van der Waals surface area contributed by atoms with Crippen LogP contribution in [0.15, 0.2) is 12.1 Å². The van der Waals surface area contributed by atoms with Gasteiger partial charge in [-0.05, 0) is 64.4 Å². The van der Waals surface area contributed by atoms with Gasteiger partial charge in [0.1, 0.15) is 5.75 Å². The van der Waals surface area contributed by atoms with Crippen molar-refractivity contribution in [2.24, 2.45) is 17.3 Å². The Balaban J connectivity index is 1.71. The molecule has 0 bridgehead atoms. The van der Waals surface area contributed by atoms with Gasteiger partial charge in [0.15, 0.2) is 11.6 Å². The van der Waals surface area contributed by atoms with Crippen LogP contribution in [0.3, 0.4) is 0 Å². The van der Waals surface area contributed by atoms with E-state index >= 15 is 0 Å². The lowest BCUT2D eigenvalue weighted by Gasteiger charge is -2.35. The minimum atomic E-state index is -0.629. The first-order valence-electron chi connectivity index (χ1n) is 13.2. The molecule has 0 saturated heterocycles. The van der Waals surface area contributed by atoms with Gasteiger partial charge in [-0.25, -0.2) is 4.39 Å². The SMILES string of the molecule is COc1cc(F)c(O[C@H]2CC[C@@](C)(C(=O)OC)CC2)cc1C(=O)N[C@@H]1CCC[C@@H]1C(=O)N[C@H](C)C(C)C. The molecule has 9 heteroatoms. The van der Waals surface area contributed by atoms with Gasteiger partial charge in [0.05, 0.1) is 37.2 Å². The second-order valence-corrected chi connectivity index (χ2v) is 11.0. The Kier molecular flexibility index (Phi) is 9.42. The van der Waals surface area contributed by atoms with Crippen LogP contribution < -0.4 is 20.1 Å². The molecule has 2 aliphatic rings. The summed E-state index contributed by atoms with van der Waals surface area (Å²) < 4.78 is 31.0. The average Bonchev–Trinajstić information content (AvgIpc) is 3.33. The van der Waals surface area contributed by atoms with E-state index in [-0.39, 0.29) is 53.0 Å². The lowest BCUT2D eigenvalue weighted by Crippen LogP contribution is -2.47. The Bertz CT molecular complexity index is 989. The summed E-state index contributed by atoms with van der Waals surface area (Å²) in [7, 11) is 2.75.